The molecule has 1 amide bonds. The van der Waals surface area contributed by atoms with Gasteiger partial charge in [-0.15, -0.1) is 0 Å². The number of sulfonamides is 1. The molecular formula is C24H37N3O4S. The van der Waals surface area contributed by atoms with Crippen LogP contribution in [0.15, 0.2) is 23.1 Å². The van der Waals surface area contributed by atoms with E-state index in [0.29, 0.717) is 43.2 Å². The van der Waals surface area contributed by atoms with Crippen LogP contribution < -0.4 is 4.90 Å². The van der Waals surface area contributed by atoms with Gasteiger partial charge in [0, 0.05) is 51.4 Å². The molecule has 3 heterocycles. The average Bonchev–Trinajstić information content (AvgIpc) is 2.85. The Hall–Kier alpha value is -1.64. The SMILES string of the molecule is CCOC1CCCN(C(=O)c2ccc(N3CCCCC3)c(S(=O)(=O)N3CCCCC3)c2)C1. The van der Waals surface area contributed by atoms with E-state index in [-0.39, 0.29) is 12.0 Å². The van der Waals surface area contributed by atoms with Crippen LogP contribution in [0.2, 0.25) is 0 Å². The van der Waals surface area contributed by atoms with E-state index in [9.17, 15) is 13.2 Å². The summed E-state index contributed by atoms with van der Waals surface area (Å²) >= 11 is 0. The van der Waals surface area contributed by atoms with Crippen molar-refractivity contribution in [3.63, 3.8) is 0 Å². The second-order valence-corrected chi connectivity index (χ2v) is 11.1. The predicted molar refractivity (Wildman–Crippen MR) is 126 cm³/mol. The first kappa shape index (κ1) is 23.5. The maximum absolute atomic E-state index is 13.7. The Kier molecular flexibility index (Phi) is 7.74. The number of likely N-dealkylation sites (tertiary alicyclic amines) is 1. The monoisotopic (exact) mass is 463 g/mol. The van der Waals surface area contributed by atoms with Crippen molar-refractivity contribution in [2.24, 2.45) is 0 Å². The van der Waals surface area contributed by atoms with Gasteiger partial charge in [-0.25, -0.2) is 8.42 Å². The van der Waals surface area contributed by atoms with Gasteiger partial charge < -0.3 is 14.5 Å². The van der Waals surface area contributed by atoms with Gasteiger partial charge in [0.15, 0.2) is 0 Å². The Morgan fingerprint density at radius 1 is 0.969 bits per heavy atom. The van der Waals surface area contributed by atoms with Crippen molar-refractivity contribution in [2.75, 3.05) is 50.8 Å². The Morgan fingerprint density at radius 3 is 2.34 bits per heavy atom. The van der Waals surface area contributed by atoms with Gasteiger partial charge in [0.25, 0.3) is 5.91 Å². The Labute approximate surface area is 192 Å². The van der Waals surface area contributed by atoms with Gasteiger partial charge in [0.05, 0.1) is 11.8 Å². The molecular weight excluding hydrogens is 426 g/mol. The van der Waals surface area contributed by atoms with Crippen molar-refractivity contribution in [3.05, 3.63) is 23.8 Å². The largest absolute Gasteiger partial charge is 0.377 e. The molecule has 0 aliphatic carbocycles. The average molecular weight is 464 g/mol. The fraction of sp³-hybridized carbons (Fsp3) is 0.708. The summed E-state index contributed by atoms with van der Waals surface area (Å²) in [6.07, 6.45) is 8.08. The molecule has 4 rings (SSSR count). The van der Waals surface area contributed by atoms with Crippen molar-refractivity contribution >= 4 is 21.6 Å². The van der Waals surface area contributed by atoms with Crippen LogP contribution in [0.25, 0.3) is 0 Å². The highest BCUT2D eigenvalue weighted by Crippen LogP contribution is 2.33. The number of nitrogens with zero attached hydrogens (tertiary/aromatic N) is 3. The number of piperidine rings is 3. The van der Waals surface area contributed by atoms with Crippen LogP contribution in [0.5, 0.6) is 0 Å². The fourth-order valence-electron chi connectivity index (χ4n) is 5.17. The van der Waals surface area contributed by atoms with E-state index in [1.165, 1.54) is 6.42 Å². The molecule has 3 aliphatic heterocycles. The van der Waals surface area contributed by atoms with Gasteiger partial charge in [0.2, 0.25) is 10.0 Å². The molecule has 0 spiro atoms. The number of amides is 1. The molecule has 7 nitrogen and oxygen atoms in total. The van der Waals surface area contributed by atoms with Crippen LogP contribution in [0, 0.1) is 0 Å². The van der Waals surface area contributed by atoms with Crippen LogP contribution in [0.3, 0.4) is 0 Å². The highest BCUT2D eigenvalue weighted by Gasteiger charge is 2.32. The zero-order valence-corrected chi connectivity index (χ0v) is 20.1. The van der Waals surface area contributed by atoms with Crippen LogP contribution in [0.4, 0.5) is 5.69 Å². The third-order valence-corrected chi connectivity index (χ3v) is 8.83. The lowest BCUT2D eigenvalue weighted by atomic mass is 10.1. The molecule has 1 aromatic carbocycles. The van der Waals surface area contributed by atoms with Crippen molar-refractivity contribution in [3.8, 4) is 0 Å². The third kappa shape index (κ3) is 5.13. The zero-order valence-electron chi connectivity index (χ0n) is 19.3. The standard InChI is InChI=1S/C24H37N3O4S/c1-2-31-21-10-9-15-26(19-21)24(28)20-11-12-22(25-13-5-3-6-14-25)23(18-20)32(29,30)27-16-7-4-8-17-27/h11-12,18,21H,2-10,13-17,19H2,1H3. The summed E-state index contributed by atoms with van der Waals surface area (Å²) < 4.78 is 34.7. The molecule has 8 heteroatoms. The second kappa shape index (κ2) is 10.5. The molecule has 3 saturated heterocycles. The number of carbonyl (C=O) groups is 1. The van der Waals surface area contributed by atoms with Crippen molar-refractivity contribution < 1.29 is 17.9 Å². The van der Waals surface area contributed by atoms with Crippen molar-refractivity contribution in [1.29, 1.82) is 0 Å². The summed E-state index contributed by atoms with van der Waals surface area (Å²) in [7, 11) is -3.65. The van der Waals surface area contributed by atoms with E-state index in [1.807, 2.05) is 24.0 Å². The van der Waals surface area contributed by atoms with E-state index >= 15 is 0 Å². The highest BCUT2D eigenvalue weighted by molar-refractivity contribution is 7.89. The number of anilines is 1. The Morgan fingerprint density at radius 2 is 1.66 bits per heavy atom. The molecule has 1 aromatic rings. The first-order chi connectivity index (χ1) is 15.5. The number of ether oxygens (including phenoxy) is 1. The number of carbonyl (C=O) groups excluding carboxylic acids is 1. The predicted octanol–water partition coefficient (Wildman–Crippen LogP) is 3.49. The van der Waals surface area contributed by atoms with Crippen LogP contribution in [0.1, 0.15) is 68.6 Å². The third-order valence-electron chi connectivity index (χ3n) is 6.90. The van der Waals surface area contributed by atoms with Gasteiger partial charge in [0.1, 0.15) is 4.90 Å². The lowest BCUT2D eigenvalue weighted by Gasteiger charge is -2.34. The van der Waals surface area contributed by atoms with Gasteiger partial charge in [-0.1, -0.05) is 6.42 Å². The minimum atomic E-state index is -3.65. The van der Waals surface area contributed by atoms with E-state index in [2.05, 4.69) is 4.90 Å². The van der Waals surface area contributed by atoms with Crippen LogP contribution in [-0.2, 0) is 14.8 Å². The molecule has 1 unspecified atom stereocenters. The minimum Gasteiger partial charge on any atom is -0.377 e. The molecule has 0 saturated carbocycles. The van der Waals surface area contributed by atoms with Crippen molar-refractivity contribution in [1.82, 2.24) is 9.21 Å². The molecule has 0 aromatic heterocycles. The molecule has 1 atom stereocenters. The maximum Gasteiger partial charge on any atom is 0.253 e. The molecule has 0 bridgehead atoms. The van der Waals surface area contributed by atoms with E-state index < -0.39 is 10.0 Å². The number of benzene rings is 1. The van der Waals surface area contributed by atoms with E-state index in [4.69, 9.17) is 4.74 Å². The van der Waals surface area contributed by atoms with E-state index in [0.717, 1.165) is 63.7 Å². The molecule has 178 valence electrons. The summed E-state index contributed by atoms with van der Waals surface area (Å²) in [5.41, 5.74) is 1.20. The lowest BCUT2D eigenvalue weighted by molar-refractivity contribution is 0.00723. The summed E-state index contributed by atoms with van der Waals surface area (Å²) in [6, 6.07) is 5.31. The highest BCUT2D eigenvalue weighted by atomic mass is 32.2. The number of hydrogen-bond donors (Lipinski definition) is 0. The van der Waals surface area contributed by atoms with Gasteiger partial charge in [-0.3, -0.25) is 4.79 Å². The topological polar surface area (TPSA) is 70.2 Å². The van der Waals surface area contributed by atoms with Crippen LogP contribution in [-0.4, -0.2) is 75.5 Å². The summed E-state index contributed by atoms with van der Waals surface area (Å²) in [6.45, 7) is 6.69. The maximum atomic E-state index is 13.7. The first-order valence-electron chi connectivity index (χ1n) is 12.3. The van der Waals surface area contributed by atoms with Crippen LogP contribution >= 0.6 is 0 Å². The lowest BCUT2D eigenvalue weighted by Crippen LogP contribution is -2.43. The fourth-order valence-corrected chi connectivity index (χ4v) is 6.93. The molecule has 0 N–H and O–H groups in total. The normalized spacial score (nSPS) is 23.3. The quantitative estimate of drug-likeness (QED) is 0.646. The molecule has 0 radical (unpaired) electrons. The van der Waals surface area contributed by atoms with Gasteiger partial charge in [-0.05, 0) is 70.1 Å². The summed E-state index contributed by atoms with van der Waals surface area (Å²) in [5, 5.41) is 0. The summed E-state index contributed by atoms with van der Waals surface area (Å²) in [5.74, 6) is -0.102. The molecule has 32 heavy (non-hydrogen) atoms. The van der Waals surface area contributed by atoms with Gasteiger partial charge >= 0.3 is 0 Å². The Bertz CT molecular complexity index is 891. The number of rotatable bonds is 6. The Balaban J connectivity index is 1.66. The molecule has 3 aliphatic rings. The summed E-state index contributed by atoms with van der Waals surface area (Å²) in [4.78, 5) is 17.6. The second-order valence-electron chi connectivity index (χ2n) is 9.17. The smallest absolute Gasteiger partial charge is 0.253 e. The first-order valence-corrected chi connectivity index (χ1v) is 13.7. The zero-order chi connectivity index (χ0) is 22.6. The number of hydrogen-bond acceptors (Lipinski definition) is 5. The minimum absolute atomic E-state index is 0.0573. The molecule has 3 fully saturated rings. The van der Waals surface area contributed by atoms with Crippen molar-refractivity contribution in [2.45, 2.75) is 69.3 Å². The van der Waals surface area contributed by atoms with Gasteiger partial charge in [-0.2, -0.15) is 4.31 Å². The van der Waals surface area contributed by atoms with E-state index in [1.54, 1.807) is 10.4 Å².